The fourth-order valence-electron chi connectivity index (χ4n) is 4.10. The number of carbonyl (C=O) groups is 1. The number of carbonyl (C=O) groups excluding carboxylic acids is 1. The molecule has 4 rings (SSSR count). The third-order valence-electron chi connectivity index (χ3n) is 5.41. The summed E-state index contributed by atoms with van der Waals surface area (Å²) in [6.07, 6.45) is 4.04. The van der Waals surface area contributed by atoms with Crippen molar-refractivity contribution >= 4 is 16.8 Å². The smallest absolute Gasteiger partial charge is 0.239 e. The lowest BCUT2D eigenvalue weighted by molar-refractivity contribution is -0.124. The average molecular weight is 351 g/mol. The van der Waals surface area contributed by atoms with Gasteiger partial charge in [-0.05, 0) is 61.2 Å². The predicted octanol–water partition coefficient (Wildman–Crippen LogP) is 3.71. The molecule has 3 aromatic rings. The number of H-pyrrole nitrogens is 1. The molecular formula is C21H22FN3O. The highest BCUT2D eigenvalue weighted by Gasteiger charge is 2.30. The number of hydrogen-bond donors (Lipinski definition) is 2. The van der Waals surface area contributed by atoms with Crippen LogP contribution in [-0.4, -0.2) is 28.9 Å². The minimum Gasteiger partial charge on any atom is -0.368 e. The molecule has 1 saturated heterocycles. The summed E-state index contributed by atoms with van der Waals surface area (Å²) in [6.45, 7) is 1.57. The minimum atomic E-state index is -0.500. The van der Waals surface area contributed by atoms with Crippen molar-refractivity contribution in [1.82, 2.24) is 9.88 Å². The molecule has 5 heteroatoms. The van der Waals surface area contributed by atoms with E-state index >= 15 is 0 Å². The Hall–Kier alpha value is -2.66. The van der Waals surface area contributed by atoms with Crippen LogP contribution in [0.4, 0.5) is 4.39 Å². The predicted molar refractivity (Wildman–Crippen MR) is 100 cm³/mol. The van der Waals surface area contributed by atoms with E-state index in [4.69, 9.17) is 5.73 Å². The molecule has 26 heavy (non-hydrogen) atoms. The number of nitrogens with zero attached hydrogens (tertiary/aromatic N) is 1. The van der Waals surface area contributed by atoms with Crippen molar-refractivity contribution in [2.45, 2.75) is 24.8 Å². The molecule has 1 aromatic heterocycles. The number of aromatic amines is 1. The highest BCUT2D eigenvalue weighted by Crippen LogP contribution is 2.35. The number of piperidine rings is 1. The number of benzene rings is 2. The molecule has 1 aliphatic heterocycles. The molecule has 0 aliphatic carbocycles. The number of aromatic nitrogens is 1. The lowest BCUT2D eigenvalue weighted by Gasteiger charge is -2.36. The molecule has 2 aromatic carbocycles. The molecular weight excluding hydrogens is 329 g/mol. The van der Waals surface area contributed by atoms with Crippen molar-refractivity contribution in [3.8, 4) is 0 Å². The van der Waals surface area contributed by atoms with Crippen LogP contribution in [0.25, 0.3) is 10.9 Å². The summed E-state index contributed by atoms with van der Waals surface area (Å²) in [7, 11) is 0. The average Bonchev–Trinajstić information content (AvgIpc) is 3.08. The maximum atomic E-state index is 13.2. The summed E-state index contributed by atoms with van der Waals surface area (Å²) >= 11 is 0. The molecule has 0 radical (unpaired) electrons. The van der Waals surface area contributed by atoms with Crippen LogP contribution < -0.4 is 5.73 Å². The van der Waals surface area contributed by atoms with Crippen LogP contribution >= 0.6 is 0 Å². The van der Waals surface area contributed by atoms with Gasteiger partial charge in [-0.1, -0.05) is 30.3 Å². The summed E-state index contributed by atoms with van der Waals surface area (Å²) < 4.78 is 13.2. The molecule has 134 valence electrons. The molecule has 0 bridgehead atoms. The zero-order valence-corrected chi connectivity index (χ0v) is 14.5. The zero-order valence-electron chi connectivity index (χ0n) is 14.5. The number of rotatable bonds is 4. The first-order chi connectivity index (χ1) is 12.6. The van der Waals surface area contributed by atoms with E-state index < -0.39 is 6.04 Å². The molecule has 1 aliphatic rings. The van der Waals surface area contributed by atoms with Gasteiger partial charge < -0.3 is 10.7 Å². The summed E-state index contributed by atoms with van der Waals surface area (Å²) in [5.74, 6) is -0.235. The highest BCUT2D eigenvalue weighted by molar-refractivity contribution is 5.83. The Bertz CT molecular complexity index is 910. The Kier molecular flexibility index (Phi) is 4.47. The zero-order chi connectivity index (χ0) is 18.1. The van der Waals surface area contributed by atoms with E-state index in [9.17, 15) is 9.18 Å². The monoisotopic (exact) mass is 351 g/mol. The number of primary amides is 1. The minimum absolute atomic E-state index is 0.310. The van der Waals surface area contributed by atoms with Crippen LogP contribution in [0.2, 0.25) is 0 Å². The van der Waals surface area contributed by atoms with E-state index in [0.29, 0.717) is 5.92 Å². The van der Waals surface area contributed by atoms with Gasteiger partial charge in [-0.15, -0.1) is 0 Å². The topological polar surface area (TPSA) is 62.1 Å². The third-order valence-corrected chi connectivity index (χ3v) is 5.41. The van der Waals surface area contributed by atoms with Gasteiger partial charge in [0.1, 0.15) is 11.9 Å². The number of nitrogens with one attached hydrogen (secondary N) is 1. The molecule has 1 amide bonds. The van der Waals surface area contributed by atoms with Crippen molar-refractivity contribution in [1.29, 1.82) is 0 Å². The summed E-state index contributed by atoms with van der Waals surface area (Å²) in [4.78, 5) is 17.5. The summed E-state index contributed by atoms with van der Waals surface area (Å²) in [5, 5.41) is 1.27. The molecule has 0 saturated carbocycles. The second-order valence-corrected chi connectivity index (χ2v) is 6.96. The lowest BCUT2D eigenvalue weighted by atomic mass is 9.88. The standard InChI is InChI=1S/C21H22FN3O/c22-16-7-5-15(6-8-16)20(21(23)26)25-11-9-14(10-12-25)18-13-24-19-4-2-1-3-17(18)19/h1-8,13-14,20,24H,9-12H2,(H2,23,26)/t20-/m0/s1. The number of amides is 1. The summed E-state index contributed by atoms with van der Waals surface area (Å²) in [6, 6.07) is 13.9. The number of fused-ring (bicyclic) bond motifs is 1. The fourth-order valence-corrected chi connectivity index (χ4v) is 4.10. The van der Waals surface area contributed by atoms with Gasteiger partial charge in [-0.25, -0.2) is 4.39 Å². The number of nitrogens with two attached hydrogens (primary N) is 1. The second kappa shape index (κ2) is 6.92. The number of para-hydroxylation sites is 1. The molecule has 3 N–H and O–H groups in total. The van der Waals surface area contributed by atoms with Crippen molar-refractivity contribution in [2.24, 2.45) is 5.73 Å². The van der Waals surface area contributed by atoms with E-state index in [1.807, 2.05) is 6.07 Å². The Morgan fingerprint density at radius 2 is 1.81 bits per heavy atom. The molecule has 1 atom stereocenters. The maximum absolute atomic E-state index is 13.2. The quantitative estimate of drug-likeness (QED) is 0.753. The number of likely N-dealkylation sites (tertiary alicyclic amines) is 1. The first-order valence-electron chi connectivity index (χ1n) is 8.98. The molecule has 2 heterocycles. The molecule has 0 spiro atoms. The van der Waals surface area contributed by atoms with E-state index in [1.165, 1.54) is 23.1 Å². The second-order valence-electron chi connectivity index (χ2n) is 6.96. The molecule has 1 fully saturated rings. The van der Waals surface area contributed by atoms with Gasteiger partial charge in [0.2, 0.25) is 5.91 Å². The number of hydrogen-bond acceptors (Lipinski definition) is 2. The van der Waals surface area contributed by atoms with Crippen molar-refractivity contribution in [3.05, 3.63) is 71.7 Å². The molecule has 0 unspecified atom stereocenters. The van der Waals surface area contributed by atoms with Crippen molar-refractivity contribution < 1.29 is 9.18 Å². The largest absolute Gasteiger partial charge is 0.368 e. The van der Waals surface area contributed by atoms with Crippen LogP contribution in [0.15, 0.2) is 54.7 Å². The Balaban J connectivity index is 1.51. The number of halogens is 1. The Morgan fingerprint density at radius 3 is 2.50 bits per heavy atom. The van der Waals surface area contributed by atoms with Crippen LogP contribution in [0.3, 0.4) is 0 Å². The maximum Gasteiger partial charge on any atom is 0.239 e. The third kappa shape index (κ3) is 3.10. The van der Waals surface area contributed by atoms with Crippen LogP contribution in [0.5, 0.6) is 0 Å². The van der Waals surface area contributed by atoms with Crippen LogP contribution in [-0.2, 0) is 4.79 Å². The van der Waals surface area contributed by atoms with Crippen LogP contribution in [0, 0.1) is 5.82 Å². The van der Waals surface area contributed by atoms with Gasteiger partial charge in [-0.3, -0.25) is 9.69 Å². The van der Waals surface area contributed by atoms with Gasteiger partial charge in [0.25, 0.3) is 0 Å². The van der Waals surface area contributed by atoms with Crippen LogP contribution in [0.1, 0.15) is 35.9 Å². The lowest BCUT2D eigenvalue weighted by Crippen LogP contribution is -2.42. The highest BCUT2D eigenvalue weighted by atomic mass is 19.1. The van der Waals surface area contributed by atoms with E-state index in [1.54, 1.807) is 12.1 Å². The Labute approximate surface area is 151 Å². The SMILES string of the molecule is NC(=O)[C@H](c1ccc(F)cc1)N1CCC(c2c[nH]c3ccccc23)CC1. The van der Waals surface area contributed by atoms with E-state index in [0.717, 1.165) is 37.0 Å². The van der Waals surface area contributed by atoms with Gasteiger partial charge in [0.15, 0.2) is 0 Å². The molecule has 4 nitrogen and oxygen atoms in total. The van der Waals surface area contributed by atoms with E-state index in [-0.39, 0.29) is 11.7 Å². The van der Waals surface area contributed by atoms with Gasteiger partial charge >= 0.3 is 0 Å². The normalized spacial score (nSPS) is 17.4. The summed E-state index contributed by atoms with van der Waals surface area (Å²) in [5.41, 5.74) is 8.92. The van der Waals surface area contributed by atoms with Gasteiger partial charge in [-0.2, -0.15) is 0 Å². The van der Waals surface area contributed by atoms with Crippen molar-refractivity contribution in [3.63, 3.8) is 0 Å². The first-order valence-corrected chi connectivity index (χ1v) is 8.98. The van der Waals surface area contributed by atoms with Gasteiger partial charge in [0, 0.05) is 17.1 Å². The Morgan fingerprint density at radius 1 is 1.12 bits per heavy atom. The van der Waals surface area contributed by atoms with Crippen molar-refractivity contribution in [2.75, 3.05) is 13.1 Å². The first kappa shape index (κ1) is 16.8. The van der Waals surface area contributed by atoms with Gasteiger partial charge in [0.05, 0.1) is 0 Å². The fraction of sp³-hybridized carbons (Fsp3) is 0.286. The van der Waals surface area contributed by atoms with E-state index in [2.05, 4.69) is 34.3 Å².